The second-order valence-corrected chi connectivity index (χ2v) is 6.05. The van der Waals surface area contributed by atoms with Gasteiger partial charge in [0.05, 0.1) is 18.4 Å². The molecule has 0 unspecified atom stereocenters. The number of methoxy groups -OCH3 is 1. The first-order valence-corrected chi connectivity index (χ1v) is 8.69. The molecule has 28 heavy (non-hydrogen) atoms. The summed E-state index contributed by atoms with van der Waals surface area (Å²) >= 11 is 0. The fourth-order valence-electron chi connectivity index (χ4n) is 2.61. The van der Waals surface area contributed by atoms with E-state index in [2.05, 4.69) is 20.6 Å². The molecule has 0 fully saturated rings. The molecule has 1 aromatic heterocycles. The molecule has 0 aliphatic carbocycles. The number of benzene rings is 2. The molecule has 0 aliphatic heterocycles. The van der Waals surface area contributed by atoms with Gasteiger partial charge in [0.1, 0.15) is 5.69 Å². The van der Waals surface area contributed by atoms with Crippen molar-refractivity contribution in [2.75, 3.05) is 12.4 Å². The lowest BCUT2D eigenvalue weighted by Gasteiger charge is -2.11. The molecule has 2 N–H and O–H groups in total. The van der Waals surface area contributed by atoms with Gasteiger partial charge in [0, 0.05) is 12.2 Å². The topological polar surface area (TPSA) is 93.2 Å². The predicted octanol–water partition coefficient (Wildman–Crippen LogP) is 3.25. The Morgan fingerprint density at radius 2 is 1.71 bits per heavy atom. The van der Waals surface area contributed by atoms with E-state index >= 15 is 0 Å². The van der Waals surface area contributed by atoms with Crippen molar-refractivity contribution in [3.8, 4) is 0 Å². The zero-order chi connectivity index (χ0) is 19.9. The molecule has 0 saturated heterocycles. The first kappa shape index (κ1) is 19.0. The molecule has 3 rings (SSSR count). The SMILES string of the molecule is COC(=O)c1ccccc1Nc1nc(C)cc(C(=O)NCc2ccccc2)n1. The van der Waals surface area contributed by atoms with Gasteiger partial charge in [0.2, 0.25) is 5.95 Å². The van der Waals surface area contributed by atoms with Crippen molar-refractivity contribution in [3.05, 3.63) is 83.2 Å². The van der Waals surface area contributed by atoms with Gasteiger partial charge in [-0.2, -0.15) is 0 Å². The third-order valence-corrected chi connectivity index (χ3v) is 3.96. The molecule has 1 heterocycles. The lowest BCUT2D eigenvalue weighted by molar-refractivity contribution is 0.0601. The predicted molar refractivity (Wildman–Crippen MR) is 105 cm³/mol. The molecule has 3 aromatic rings. The fourth-order valence-corrected chi connectivity index (χ4v) is 2.61. The summed E-state index contributed by atoms with van der Waals surface area (Å²) in [5.74, 6) is -0.559. The molecule has 0 radical (unpaired) electrons. The summed E-state index contributed by atoms with van der Waals surface area (Å²) in [7, 11) is 1.32. The Bertz CT molecular complexity index is 990. The molecule has 0 aliphatic rings. The normalized spacial score (nSPS) is 10.2. The van der Waals surface area contributed by atoms with Crippen LogP contribution in [0.2, 0.25) is 0 Å². The second kappa shape index (κ2) is 8.77. The molecule has 2 aromatic carbocycles. The van der Waals surface area contributed by atoms with E-state index in [-0.39, 0.29) is 17.5 Å². The van der Waals surface area contributed by atoms with E-state index in [1.807, 2.05) is 30.3 Å². The van der Waals surface area contributed by atoms with Crippen molar-refractivity contribution < 1.29 is 14.3 Å². The van der Waals surface area contributed by atoms with Crippen LogP contribution in [0, 0.1) is 6.92 Å². The molecule has 0 saturated carbocycles. The van der Waals surface area contributed by atoms with E-state index in [4.69, 9.17) is 4.74 Å². The van der Waals surface area contributed by atoms with E-state index in [0.717, 1.165) is 5.56 Å². The lowest BCUT2D eigenvalue weighted by atomic mass is 10.2. The van der Waals surface area contributed by atoms with Crippen molar-refractivity contribution in [1.29, 1.82) is 0 Å². The smallest absolute Gasteiger partial charge is 0.339 e. The summed E-state index contributed by atoms with van der Waals surface area (Å²) in [4.78, 5) is 33.0. The van der Waals surface area contributed by atoms with Crippen molar-refractivity contribution in [1.82, 2.24) is 15.3 Å². The fraction of sp³-hybridized carbons (Fsp3) is 0.143. The number of aromatic nitrogens is 2. The van der Waals surface area contributed by atoms with Gasteiger partial charge >= 0.3 is 5.97 Å². The Morgan fingerprint density at radius 1 is 1.00 bits per heavy atom. The molecule has 0 bridgehead atoms. The Kier molecular flexibility index (Phi) is 5.96. The van der Waals surface area contributed by atoms with Gasteiger partial charge in [-0.1, -0.05) is 42.5 Å². The van der Waals surface area contributed by atoms with Crippen LogP contribution in [-0.4, -0.2) is 29.0 Å². The first-order valence-electron chi connectivity index (χ1n) is 8.69. The quantitative estimate of drug-likeness (QED) is 0.642. The maximum atomic E-state index is 12.5. The highest BCUT2D eigenvalue weighted by molar-refractivity contribution is 5.96. The molecule has 0 atom stereocenters. The number of amides is 1. The van der Waals surface area contributed by atoms with Gasteiger partial charge in [0.15, 0.2) is 0 Å². The highest BCUT2D eigenvalue weighted by Gasteiger charge is 2.14. The van der Waals surface area contributed by atoms with Gasteiger partial charge in [-0.3, -0.25) is 4.79 Å². The zero-order valence-electron chi connectivity index (χ0n) is 15.6. The number of para-hydroxylation sites is 1. The minimum Gasteiger partial charge on any atom is -0.465 e. The largest absolute Gasteiger partial charge is 0.465 e. The Hall–Kier alpha value is -3.74. The van der Waals surface area contributed by atoms with Gasteiger partial charge in [-0.05, 0) is 30.7 Å². The number of esters is 1. The van der Waals surface area contributed by atoms with Crippen molar-refractivity contribution in [3.63, 3.8) is 0 Å². The third kappa shape index (κ3) is 4.70. The number of aryl methyl sites for hydroxylation is 1. The number of carbonyl (C=O) groups is 2. The average molecular weight is 376 g/mol. The first-order chi connectivity index (χ1) is 13.6. The van der Waals surface area contributed by atoms with E-state index in [9.17, 15) is 9.59 Å². The Morgan fingerprint density at radius 3 is 2.46 bits per heavy atom. The number of nitrogens with zero attached hydrogens (tertiary/aromatic N) is 2. The van der Waals surface area contributed by atoms with Gasteiger partial charge in [0.25, 0.3) is 5.91 Å². The number of ether oxygens (including phenoxy) is 1. The minimum absolute atomic E-state index is 0.223. The van der Waals surface area contributed by atoms with Gasteiger partial charge in [-0.25, -0.2) is 14.8 Å². The number of hydrogen-bond acceptors (Lipinski definition) is 6. The van der Waals surface area contributed by atoms with E-state index in [0.29, 0.717) is 23.5 Å². The zero-order valence-corrected chi connectivity index (χ0v) is 15.6. The number of carbonyl (C=O) groups excluding carboxylic acids is 2. The van der Waals surface area contributed by atoms with E-state index in [1.54, 1.807) is 37.3 Å². The summed E-state index contributed by atoms with van der Waals surface area (Å²) < 4.78 is 4.79. The van der Waals surface area contributed by atoms with Crippen LogP contribution >= 0.6 is 0 Å². The van der Waals surface area contributed by atoms with Crippen LogP contribution in [0.5, 0.6) is 0 Å². The highest BCUT2D eigenvalue weighted by atomic mass is 16.5. The average Bonchev–Trinajstić information content (AvgIpc) is 2.72. The highest BCUT2D eigenvalue weighted by Crippen LogP contribution is 2.20. The number of rotatable bonds is 6. The lowest BCUT2D eigenvalue weighted by Crippen LogP contribution is -2.24. The molecular weight excluding hydrogens is 356 g/mol. The van der Waals surface area contributed by atoms with Crippen molar-refractivity contribution in [2.24, 2.45) is 0 Å². The standard InChI is InChI=1S/C21H20N4O3/c1-14-12-18(19(26)22-13-15-8-4-3-5-9-15)25-21(23-14)24-17-11-7-6-10-16(17)20(27)28-2/h3-12H,13H2,1-2H3,(H,22,26)(H,23,24,25). The summed E-state index contributed by atoms with van der Waals surface area (Å²) in [5.41, 5.74) is 2.70. The number of nitrogens with one attached hydrogen (secondary N) is 2. The van der Waals surface area contributed by atoms with Crippen LogP contribution in [0.4, 0.5) is 11.6 Å². The summed E-state index contributed by atoms with van der Waals surface area (Å²) in [6, 6.07) is 18.1. The Balaban J connectivity index is 1.78. The molecule has 7 heteroatoms. The second-order valence-electron chi connectivity index (χ2n) is 6.05. The molecule has 142 valence electrons. The maximum absolute atomic E-state index is 12.5. The van der Waals surface area contributed by atoms with Crippen molar-refractivity contribution >= 4 is 23.5 Å². The van der Waals surface area contributed by atoms with Crippen LogP contribution in [0.3, 0.4) is 0 Å². The summed E-state index contributed by atoms with van der Waals surface area (Å²) in [6.07, 6.45) is 0. The number of anilines is 2. The van der Waals surface area contributed by atoms with Crippen LogP contribution in [0.25, 0.3) is 0 Å². The van der Waals surface area contributed by atoms with Gasteiger partial charge < -0.3 is 15.4 Å². The van der Waals surface area contributed by atoms with Gasteiger partial charge in [-0.15, -0.1) is 0 Å². The molecule has 0 spiro atoms. The minimum atomic E-state index is -0.475. The number of hydrogen-bond donors (Lipinski definition) is 2. The van der Waals surface area contributed by atoms with Crippen molar-refractivity contribution in [2.45, 2.75) is 13.5 Å². The summed E-state index contributed by atoms with van der Waals surface area (Å²) in [5, 5.41) is 5.84. The van der Waals surface area contributed by atoms with Crippen LogP contribution in [0.15, 0.2) is 60.7 Å². The molecule has 7 nitrogen and oxygen atoms in total. The maximum Gasteiger partial charge on any atom is 0.339 e. The van der Waals surface area contributed by atoms with E-state index < -0.39 is 5.97 Å². The summed E-state index contributed by atoms with van der Waals surface area (Å²) in [6.45, 7) is 2.17. The molecule has 1 amide bonds. The van der Waals surface area contributed by atoms with E-state index in [1.165, 1.54) is 7.11 Å². The monoisotopic (exact) mass is 376 g/mol. The Labute approximate surface area is 162 Å². The third-order valence-electron chi connectivity index (χ3n) is 3.96. The van der Waals surface area contributed by atoms with Crippen LogP contribution in [0.1, 0.15) is 32.1 Å². The van der Waals surface area contributed by atoms with Crippen LogP contribution in [-0.2, 0) is 11.3 Å². The van der Waals surface area contributed by atoms with Crippen LogP contribution < -0.4 is 10.6 Å². The molecular formula is C21H20N4O3.